The van der Waals surface area contributed by atoms with Crippen molar-refractivity contribution < 1.29 is 4.74 Å². The fourth-order valence-electron chi connectivity index (χ4n) is 2.80. The van der Waals surface area contributed by atoms with E-state index in [4.69, 9.17) is 4.74 Å². The fourth-order valence-corrected chi connectivity index (χ4v) is 3.58. The maximum absolute atomic E-state index is 6.00. The van der Waals surface area contributed by atoms with Crippen molar-refractivity contribution in [3.05, 3.63) is 79.4 Å². The number of rotatable bonds is 4. The third-order valence-electron chi connectivity index (χ3n) is 4.09. The van der Waals surface area contributed by atoms with Crippen molar-refractivity contribution >= 4 is 21.7 Å². The Balaban J connectivity index is 1.48. The number of fused-ring (bicyclic) bond motifs is 1. The SMILES string of the molecule is c1ccc(-c2nsc3c(Oc4ccc(-n5cccn5)cc4)ncnc23)cc1. The molecule has 27 heavy (non-hydrogen) atoms. The van der Waals surface area contributed by atoms with E-state index in [2.05, 4.69) is 19.4 Å². The van der Waals surface area contributed by atoms with E-state index >= 15 is 0 Å². The summed E-state index contributed by atoms with van der Waals surface area (Å²) in [5, 5.41) is 4.22. The van der Waals surface area contributed by atoms with Crippen LogP contribution in [0.2, 0.25) is 0 Å². The van der Waals surface area contributed by atoms with E-state index < -0.39 is 0 Å². The Morgan fingerprint density at radius 2 is 1.74 bits per heavy atom. The van der Waals surface area contributed by atoms with Crippen molar-refractivity contribution in [1.29, 1.82) is 0 Å². The highest BCUT2D eigenvalue weighted by molar-refractivity contribution is 7.14. The lowest BCUT2D eigenvalue weighted by molar-refractivity contribution is 0.469. The minimum absolute atomic E-state index is 0.506. The third-order valence-corrected chi connectivity index (χ3v) is 4.92. The van der Waals surface area contributed by atoms with Crippen LogP contribution in [0.5, 0.6) is 11.6 Å². The van der Waals surface area contributed by atoms with Crippen LogP contribution in [0.4, 0.5) is 0 Å². The topological polar surface area (TPSA) is 65.7 Å². The highest BCUT2D eigenvalue weighted by atomic mass is 32.1. The molecule has 0 saturated heterocycles. The smallest absolute Gasteiger partial charge is 0.242 e. The van der Waals surface area contributed by atoms with Crippen molar-refractivity contribution in [3.63, 3.8) is 0 Å². The summed E-state index contributed by atoms with van der Waals surface area (Å²) >= 11 is 1.34. The first kappa shape index (κ1) is 15.7. The Hall–Kier alpha value is -3.58. The van der Waals surface area contributed by atoms with Crippen LogP contribution >= 0.6 is 11.5 Å². The van der Waals surface area contributed by atoms with E-state index in [0.717, 1.165) is 27.2 Å². The minimum atomic E-state index is 0.506. The molecule has 0 radical (unpaired) electrons. The van der Waals surface area contributed by atoms with Crippen LogP contribution in [-0.4, -0.2) is 24.1 Å². The van der Waals surface area contributed by atoms with Gasteiger partial charge >= 0.3 is 0 Å². The Kier molecular flexibility index (Phi) is 3.84. The van der Waals surface area contributed by atoms with Gasteiger partial charge in [-0.05, 0) is 41.9 Å². The maximum Gasteiger partial charge on any atom is 0.242 e. The number of nitrogens with zero attached hydrogens (tertiary/aromatic N) is 5. The van der Waals surface area contributed by atoms with Crippen LogP contribution in [0.15, 0.2) is 79.4 Å². The fraction of sp³-hybridized carbons (Fsp3) is 0. The molecule has 0 spiro atoms. The molecule has 0 aliphatic heterocycles. The molecule has 0 atom stereocenters. The molecular weight excluding hydrogens is 358 g/mol. The molecule has 5 aromatic rings. The van der Waals surface area contributed by atoms with Gasteiger partial charge in [0.2, 0.25) is 5.88 Å². The zero-order valence-corrected chi connectivity index (χ0v) is 14.9. The van der Waals surface area contributed by atoms with Crippen molar-refractivity contribution in [1.82, 2.24) is 24.1 Å². The first-order valence-electron chi connectivity index (χ1n) is 8.32. The Labute approximate surface area is 158 Å². The van der Waals surface area contributed by atoms with E-state index in [1.54, 1.807) is 10.9 Å². The van der Waals surface area contributed by atoms with E-state index in [9.17, 15) is 0 Å². The molecule has 3 heterocycles. The van der Waals surface area contributed by atoms with Crippen LogP contribution < -0.4 is 4.74 Å². The van der Waals surface area contributed by atoms with E-state index in [1.165, 1.54) is 17.9 Å². The Morgan fingerprint density at radius 3 is 2.52 bits per heavy atom. The zero-order valence-electron chi connectivity index (χ0n) is 14.1. The summed E-state index contributed by atoms with van der Waals surface area (Å²) in [6, 6.07) is 19.6. The van der Waals surface area contributed by atoms with Gasteiger partial charge in [0.15, 0.2) is 0 Å². The Morgan fingerprint density at radius 1 is 0.889 bits per heavy atom. The summed E-state index contributed by atoms with van der Waals surface area (Å²) < 4.78 is 13.2. The number of aromatic nitrogens is 5. The average molecular weight is 371 g/mol. The second kappa shape index (κ2) is 6.62. The monoisotopic (exact) mass is 371 g/mol. The zero-order chi connectivity index (χ0) is 18.1. The van der Waals surface area contributed by atoms with Gasteiger partial charge in [-0.2, -0.15) is 9.47 Å². The van der Waals surface area contributed by atoms with Gasteiger partial charge in [-0.3, -0.25) is 0 Å². The lowest BCUT2D eigenvalue weighted by Crippen LogP contribution is -1.94. The number of hydrogen-bond donors (Lipinski definition) is 0. The summed E-state index contributed by atoms with van der Waals surface area (Å²) in [4.78, 5) is 8.71. The highest BCUT2D eigenvalue weighted by Crippen LogP contribution is 2.35. The average Bonchev–Trinajstić information content (AvgIpc) is 3.40. The maximum atomic E-state index is 6.00. The molecule has 0 bridgehead atoms. The first-order valence-corrected chi connectivity index (χ1v) is 9.09. The summed E-state index contributed by atoms with van der Waals surface area (Å²) in [5.41, 5.74) is 3.63. The molecule has 0 amide bonds. The van der Waals surface area contributed by atoms with E-state index in [1.807, 2.05) is 66.9 Å². The molecule has 5 rings (SSSR count). The first-order chi connectivity index (χ1) is 13.4. The lowest BCUT2D eigenvalue weighted by atomic mass is 10.1. The predicted molar refractivity (Wildman–Crippen MR) is 104 cm³/mol. The summed E-state index contributed by atoms with van der Waals surface area (Å²) in [6.45, 7) is 0. The van der Waals surface area contributed by atoms with Gasteiger partial charge < -0.3 is 4.74 Å². The minimum Gasteiger partial charge on any atom is -0.437 e. The van der Waals surface area contributed by atoms with Gasteiger partial charge in [0.25, 0.3) is 0 Å². The third kappa shape index (κ3) is 2.94. The number of hydrogen-bond acceptors (Lipinski definition) is 6. The summed E-state index contributed by atoms with van der Waals surface area (Å²) in [6.07, 6.45) is 5.15. The molecule has 0 aliphatic carbocycles. The molecule has 0 N–H and O–H groups in total. The Bertz CT molecular complexity index is 1180. The summed E-state index contributed by atoms with van der Waals surface area (Å²) in [7, 11) is 0. The molecule has 7 heteroatoms. The van der Waals surface area contributed by atoms with Gasteiger partial charge in [-0.1, -0.05) is 30.3 Å². The second-order valence-electron chi connectivity index (χ2n) is 5.80. The van der Waals surface area contributed by atoms with Gasteiger partial charge in [-0.25, -0.2) is 14.6 Å². The largest absolute Gasteiger partial charge is 0.437 e. The van der Waals surface area contributed by atoms with Gasteiger partial charge in [0, 0.05) is 18.0 Å². The van der Waals surface area contributed by atoms with Crippen molar-refractivity contribution in [2.75, 3.05) is 0 Å². The van der Waals surface area contributed by atoms with Crippen LogP contribution in [0, 0.1) is 0 Å². The molecule has 0 fully saturated rings. The van der Waals surface area contributed by atoms with E-state index in [0.29, 0.717) is 11.6 Å². The van der Waals surface area contributed by atoms with Gasteiger partial charge in [0.05, 0.1) is 5.69 Å². The van der Waals surface area contributed by atoms with E-state index in [-0.39, 0.29) is 0 Å². The van der Waals surface area contributed by atoms with Crippen molar-refractivity contribution in [2.45, 2.75) is 0 Å². The van der Waals surface area contributed by atoms with Crippen LogP contribution in [-0.2, 0) is 0 Å². The standard InChI is InChI=1S/C20H13N5OS/c1-2-5-14(6-3-1)17-18-19(27-24-17)20(22-13-21-18)26-16-9-7-15(8-10-16)25-12-4-11-23-25/h1-13H. The van der Waals surface area contributed by atoms with Gasteiger partial charge in [0.1, 0.15) is 28.0 Å². The number of ether oxygens (including phenoxy) is 1. The summed E-state index contributed by atoms with van der Waals surface area (Å²) in [5.74, 6) is 1.20. The molecule has 0 saturated carbocycles. The lowest BCUT2D eigenvalue weighted by Gasteiger charge is -2.06. The van der Waals surface area contributed by atoms with Crippen LogP contribution in [0.1, 0.15) is 0 Å². The van der Waals surface area contributed by atoms with Crippen LogP contribution in [0.3, 0.4) is 0 Å². The normalized spacial score (nSPS) is 11.0. The predicted octanol–water partition coefficient (Wildman–Crippen LogP) is 4.73. The molecular formula is C20H13N5OS. The molecule has 3 aromatic heterocycles. The number of benzene rings is 2. The highest BCUT2D eigenvalue weighted by Gasteiger charge is 2.15. The van der Waals surface area contributed by atoms with Crippen LogP contribution in [0.25, 0.3) is 27.2 Å². The molecule has 0 aliphatic rings. The quantitative estimate of drug-likeness (QED) is 0.457. The molecule has 0 unspecified atom stereocenters. The molecule has 130 valence electrons. The second-order valence-corrected chi connectivity index (χ2v) is 6.57. The molecule has 2 aromatic carbocycles. The van der Waals surface area contributed by atoms with Crippen molar-refractivity contribution in [2.24, 2.45) is 0 Å². The van der Waals surface area contributed by atoms with Crippen molar-refractivity contribution in [3.8, 4) is 28.6 Å². The van der Waals surface area contributed by atoms with Gasteiger partial charge in [-0.15, -0.1) is 0 Å². The molecule has 6 nitrogen and oxygen atoms in total.